The predicted molar refractivity (Wildman–Crippen MR) is 76.1 cm³/mol. The molecule has 19 heavy (non-hydrogen) atoms. The molecule has 1 saturated carbocycles. The predicted octanol–water partition coefficient (Wildman–Crippen LogP) is 1.76. The molecule has 0 aliphatic heterocycles. The number of rotatable bonds is 4. The van der Waals surface area contributed by atoms with Crippen LogP contribution in [0.4, 0.5) is 5.82 Å². The number of aromatic nitrogens is 1. The van der Waals surface area contributed by atoms with Crippen LogP contribution in [-0.2, 0) is 4.74 Å². The maximum Gasteiger partial charge on any atom is 0.128 e. The van der Waals surface area contributed by atoms with Gasteiger partial charge in [0.25, 0.3) is 0 Å². The summed E-state index contributed by atoms with van der Waals surface area (Å²) < 4.78 is 5.89. The number of nitrogens with one attached hydrogen (secondary N) is 1. The molecule has 1 aromatic heterocycles. The molecule has 0 radical (unpaired) electrons. The van der Waals surface area contributed by atoms with Crippen LogP contribution in [0.15, 0.2) is 18.3 Å². The van der Waals surface area contributed by atoms with Crippen molar-refractivity contribution in [2.75, 3.05) is 12.8 Å². The molecule has 1 aromatic rings. The minimum Gasteiger partial charge on any atom is -0.383 e. The van der Waals surface area contributed by atoms with Crippen LogP contribution in [0.3, 0.4) is 0 Å². The summed E-state index contributed by atoms with van der Waals surface area (Å²) in [7, 11) is 1.76. The van der Waals surface area contributed by atoms with E-state index >= 15 is 0 Å². The van der Waals surface area contributed by atoms with Gasteiger partial charge in [-0.05, 0) is 24.8 Å². The third-order valence-electron chi connectivity index (χ3n) is 4.27. The van der Waals surface area contributed by atoms with Gasteiger partial charge in [0.1, 0.15) is 5.82 Å². The maximum atomic E-state index is 5.99. The van der Waals surface area contributed by atoms with Gasteiger partial charge in [0, 0.05) is 18.9 Å². The largest absolute Gasteiger partial charge is 0.383 e. The Balaban J connectivity index is 2.36. The summed E-state index contributed by atoms with van der Waals surface area (Å²) in [6.45, 7) is 2.26. The highest BCUT2D eigenvalue weighted by molar-refractivity contribution is 5.42. The van der Waals surface area contributed by atoms with E-state index in [9.17, 15) is 0 Å². The maximum absolute atomic E-state index is 5.99. The van der Waals surface area contributed by atoms with Gasteiger partial charge in [0.05, 0.1) is 11.6 Å². The number of anilines is 1. The topological polar surface area (TPSA) is 86.2 Å². The standard InChI is InChI=1S/C14H24N4O/c1-10-5-3-7-14(9-10,19-2)12(18-16)11-6-4-8-17-13(11)15/h4,6,8,10,12,18H,3,5,7,9,16H2,1-2H3,(H2,15,17). The third-order valence-corrected chi connectivity index (χ3v) is 4.27. The Hall–Kier alpha value is -1.17. The quantitative estimate of drug-likeness (QED) is 0.570. The fraction of sp³-hybridized carbons (Fsp3) is 0.643. The molecule has 0 bridgehead atoms. The molecule has 1 heterocycles. The molecule has 0 aromatic carbocycles. The van der Waals surface area contributed by atoms with Gasteiger partial charge in [0.15, 0.2) is 0 Å². The summed E-state index contributed by atoms with van der Waals surface area (Å²) in [5.74, 6) is 6.94. The van der Waals surface area contributed by atoms with E-state index in [-0.39, 0.29) is 11.6 Å². The first-order chi connectivity index (χ1) is 9.13. The summed E-state index contributed by atoms with van der Waals surface area (Å²) >= 11 is 0. The fourth-order valence-corrected chi connectivity index (χ4v) is 3.31. The number of nitrogen functional groups attached to an aromatic ring is 1. The van der Waals surface area contributed by atoms with Gasteiger partial charge in [-0.25, -0.2) is 10.4 Å². The second-order valence-corrected chi connectivity index (χ2v) is 5.55. The average Bonchev–Trinajstić information content (AvgIpc) is 2.42. The molecule has 2 rings (SSSR count). The number of hydrazine groups is 1. The smallest absolute Gasteiger partial charge is 0.128 e. The fourth-order valence-electron chi connectivity index (χ4n) is 3.31. The zero-order valence-corrected chi connectivity index (χ0v) is 11.7. The highest BCUT2D eigenvalue weighted by atomic mass is 16.5. The van der Waals surface area contributed by atoms with Crippen LogP contribution in [-0.4, -0.2) is 17.7 Å². The molecule has 5 nitrogen and oxygen atoms in total. The summed E-state index contributed by atoms with van der Waals surface area (Å²) in [6, 6.07) is 3.72. The van der Waals surface area contributed by atoms with Crippen LogP contribution in [0.1, 0.15) is 44.2 Å². The van der Waals surface area contributed by atoms with Crippen molar-refractivity contribution in [3.8, 4) is 0 Å². The average molecular weight is 264 g/mol. The van der Waals surface area contributed by atoms with Crippen LogP contribution in [0.5, 0.6) is 0 Å². The van der Waals surface area contributed by atoms with E-state index in [1.54, 1.807) is 13.3 Å². The Morgan fingerprint density at radius 1 is 1.58 bits per heavy atom. The van der Waals surface area contributed by atoms with Crippen LogP contribution in [0.2, 0.25) is 0 Å². The Labute approximate surface area is 114 Å². The molecule has 0 spiro atoms. The molecule has 5 N–H and O–H groups in total. The van der Waals surface area contributed by atoms with Crippen molar-refractivity contribution < 1.29 is 4.74 Å². The normalized spacial score (nSPS) is 29.1. The Kier molecular flexibility index (Phi) is 4.39. The number of nitrogens with zero attached hydrogens (tertiary/aromatic N) is 1. The van der Waals surface area contributed by atoms with Crippen molar-refractivity contribution in [1.29, 1.82) is 0 Å². The summed E-state index contributed by atoms with van der Waals surface area (Å²) in [4.78, 5) is 4.15. The van der Waals surface area contributed by atoms with Gasteiger partial charge in [0.2, 0.25) is 0 Å². The minimum absolute atomic E-state index is 0.131. The van der Waals surface area contributed by atoms with Gasteiger partial charge >= 0.3 is 0 Å². The Morgan fingerprint density at radius 3 is 2.95 bits per heavy atom. The monoisotopic (exact) mass is 264 g/mol. The van der Waals surface area contributed by atoms with E-state index in [1.807, 2.05) is 12.1 Å². The molecule has 0 amide bonds. The third kappa shape index (κ3) is 2.73. The van der Waals surface area contributed by atoms with E-state index in [1.165, 1.54) is 6.42 Å². The molecule has 1 aliphatic carbocycles. The molecule has 3 unspecified atom stereocenters. The minimum atomic E-state index is -0.302. The molecule has 5 heteroatoms. The van der Waals surface area contributed by atoms with Gasteiger partial charge < -0.3 is 10.5 Å². The van der Waals surface area contributed by atoms with Gasteiger partial charge in [-0.3, -0.25) is 5.84 Å². The van der Waals surface area contributed by atoms with Crippen molar-refractivity contribution in [3.63, 3.8) is 0 Å². The Bertz CT molecular complexity index is 426. The van der Waals surface area contributed by atoms with E-state index in [0.717, 1.165) is 24.8 Å². The lowest BCUT2D eigenvalue weighted by atomic mass is 9.73. The lowest BCUT2D eigenvalue weighted by molar-refractivity contribution is -0.0805. The Morgan fingerprint density at radius 2 is 2.37 bits per heavy atom. The lowest BCUT2D eigenvalue weighted by Crippen LogP contribution is -2.50. The van der Waals surface area contributed by atoms with E-state index in [2.05, 4.69) is 17.3 Å². The number of ether oxygens (including phenoxy) is 1. The van der Waals surface area contributed by atoms with E-state index < -0.39 is 0 Å². The first-order valence-corrected chi connectivity index (χ1v) is 6.84. The first-order valence-electron chi connectivity index (χ1n) is 6.84. The second-order valence-electron chi connectivity index (χ2n) is 5.55. The summed E-state index contributed by atoms with van der Waals surface area (Å²) in [5.41, 5.74) is 9.50. The SMILES string of the molecule is COC1(C(NN)c2cccnc2N)CCCC(C)C1. The lowest BCUT2D eigenvalue weighted by Gasteiger charge is -2.44. The molecule has 1 aliphatic rings. The molecule has 0 saturated heterocycles. The molecule has 3 atom stereocenters. The number of nitrogens with two attached hydrogens (primary N) is 2. The van der Waals surface area contributed by atoms with Crippen LogP contribution >= 0.6 is 0 Å². The van der Waals surface area contributed by atoms with Crippen LogP contribution in [0, 0.1) is 5.92 Å². The number of hydrogen-bond acceptors (Lipinski definition) is 5. The highest BCUT2D eigenvalue weighted by Crippen LogP contribution is 2.43. The van der Waals surface area contributed by atoms with Gasteiger partial charge in [-0.15, -0.1) is 0 Å². The zero-order chi connectivity index (χ0) is 13.9. The molecular formula is C14H24N4O. The van der Waals surface area contributed by atoms with Crippen molar-refractivity contribution in [2.45, 2.75) is 44.2 Å². The zero-order valence-electron chi connectivity index (χ0n) is 11.7. The van der Waals surface area contributed by atoms with Crippen molar-refractivity contribution in [1.82, 2.24) is 10.4 Å². The van der Waals surface area contributed by atoms with Gasteiger partial charge in [-0.2, -0.15) is 0 Å². The number of pyridine rings is 1. The van der Waals surface area contributed by atoms with Crippen molar-refractivity contribution >= 4 is 5.82 Å². The summed E-state index contributed by atoms with van der Waals surface area (Å²) in [6.07, 6.45) is 6.04. The first kappa shape index (κ1) is 14.2. The molecular weight excluding hydrogens is 240 g/mol. The second kappa shape index (κ2) is 5.86. The highest BCUT2D eigenvalue weighted by Gasteiger charge is 2.43. The van der Waals surface area contributed by atoms with Crippen molar-refractivity contribution in [2.24, 2.45) is 11.8 Å². The molecule has 1 fully saturated rings. The number of methoxy groups -OCH3 is 1. The van der Waals surface area contributed by atoms with E-state index in [0.29, 0.717) is 11.7 Å². The summed E-state index contributed by atoms with van der Waals surface area (Å²) in [5, 5.41) is 0. The van der Waals surface area contributed by atoms with Crippen LogP contribution in [0.25, 0.3) is 0 Å². The van der Waals surface area contributed by atoms with E-state index in [4.69, 9.17) is 16.3 Å². The van der Waals surface area contributed by atoms with Crippen LogP contribution < -0.4 is 17.0 Å². The van der Waals surface area contributed by atoms with Gasteiger partial charge in [-0.1, -0.05) is 25.8 Å². The van der Waals surface area contributed by atoms with Crippen molar-refractivity contribution in [3.05, 3.63) is 23.9 Å². The number of hydrogen-bond donors (Lipinski definition) is 3. The molecule has 106 valence electrons.